The number of hydrogen-bond donors (Lipinski definition) is 1. The number of H-pyrrole nitrogens is 1. The molecular weight excluding hydrogens is 560 g/mol. The molecule has 0 amide bonds. The molecule has 0 spiro atoms. The summed E-state index contributed by atoms with van der Waals surface area (Å²) in [5, 5.41) is 19.9. The minimum Gasteiger partial charge on any atom is -0.331 e. The van der Waals surface area contributed by atoms with Crippen molar-refractivity contribution in [3.05, 3.63) is 198 Å². The van der Waals surface area contributed by atoms with Gasteiger partial charge in [-0.2, -0.15) is 10.5 Å². The van der Waals surface area contributed by atoms with E-state index < -0.39 is 5.41 Å². The molecule has 216 valence electrons. The van der Waals surface area contributed by atoms with Crippen LogP contribution in [0.4, 0.5) is 0 Å². The molecule has 1 aromatic heterocycles. The topological polar surface area (TPSA) is 76.3 Å². The second-order valence-electron chi connectivity index (χ2n) is 11.1. The third-order valence-corrected chi connectivity index (χ3v) is 8.55. The van der Waals surface area contributed by atoms with Gasteiger partial charge >= 0.3 is 0 Å². The largest absolute Gasteiger partial charge is 0.331 e. The Balaban J connectivity index is 1.49. The van der Waals surface area contributed by atoms with Gasteiger partial charge < -0.3 is 4.98 Å². The van der Waals surface area contributed by atoms with E-state index in [1.54, 1.807) is 0 Å². The Labute approximate surface area is 268 Å². The number of nitrogens with zero attached hydrogens (tertiary/aromatic N) is 3. The van der Waals surface area contributed by atoms with Crippen LogP contribution in [0.1, 0.15) is 33.9 Å². The molecule has 0 aliphatic rings. The maximum Gasteiger partial charge on any atom is 0.176 e. The van der Waals surface area contributed by atoms with Gasteiger partial charge in [0.2, 0.25) is 0 Å². The first kappa shape index (κ1) is 28.3. The van der Waals surface area contributed by atoms with Crippen LogP contribution >= 0.6 is 0 Å². The second-order valence-corrected chi connectivity index (χ2v) is 11.1. The summed E-state index contributed by atoms with van der Waals surface area (Å²) in [6, 6.07) is 60.5. The number of nitriles is 2. The smallest absolute Gasteiger partial charge is 0.176 e. The van der Waals surface area contributed by atoms with Crippen molar-refractivity contribution in [2.75, 3.05) is 0 Å². The molecule has 0 saturated heterocycles. The summed E-state index contributed by atoms with van der Waals surface area (Å²) in [6.07, 6.45) is 0. The van der Waals surface area contributed by atoms with Gasteiger partial charge in [0, 0.05) is 0 Å². The van der Waals surface area contributed by atoms with Crippen LogP contribution < -0.4 is 0 Å². The summed E-state index contributed by atoms with van der Waals surface area (Å²) in [5.41, 5.74) is 8.74. The highest BCUT2D eigenvalue weighted by molar-refractivity contribution is 5.70. The van der Waals surface area contributed by atoms with Gasteiger partial charge in [0.05, 0.1) is 0 Å². The molecule has 0 fully saturated rings. The number of aromatic amines is 1. The lowest BCUT2D eigenvalue weighted by Crippen LogP contribution is -2.32. The molecule has 0 unspecified atom stereocenters. The molecule has 4 nitrogen and oxygen atoms in total. The van der Waals surface area contributed by atoms with Crippen LogP contribution in [0.5, 0.6) is 0 Å². The van der Waals surface area contributed by atoms with Gasteiger partial charge in [-0.1, -0.05) is 164 Å². The fraction of sp³-hybridized carbons (Fsp3) is 0.0238. The minimum atomic E-state index is -0.972. The Kier molecular flexibility index (Phi) is 7.53. The highest BCUT2D eigenvalue weighted by atomic mass is 15.0. The summed E-state index contributed by atoms with van der Waals surface area (Å²) in [4.78, 5) is 8.07. The molecule has 7 aromatic rings. The van der Waals surface area contributed by atoms with Gasteiger partial charge in [-0.15, -0.1) is 0 Å². The van der Waals surface area contributed by atoms with Gasteiger partial charge in [-0.25, -0.2) is 4.98 Å². The van der Waals surface area contributed by atoms with E-state index >= 15 is 0 Å². The number of nitrogens with one attached hydrogen (secondary N) is 1. The average molecular weight is 589 g/mol. The van der Waals surface area contributed by atoms with Crippen molar-refractivity contribution in [1.82, 2.24) is 9.97 Å². The number of aromatic nitrogens is 2. The fourth-order valence-corrected chi connectivity index (χ4v) is 6.25. The average Bonchev–Trinajstić information content (AvgIpc) is 3.58. The highest BCUT2D eigenvalue weighted by Gasteiger charge is 2.42. The SMILES string of the molecule is N#Cc1nc(C(c2ccc(-c3ccccc3)cc2)(c2ccc(-c3ccccc3)cc2)c2ccc(-c3ccccc3)cc2)[nH]c1C#N. The summed E-state index contributed by atoms with van der Waals surface area (Å²) in [7, 11) is 0. The monoisotopic (exact) mass is 588 g/mol. The van der Waals surface area contributed by atoms with Gasteiger partial charge in [-0.3, -0.25) is 0 Å². The normalized spacial score (nSPS) is 11.0. The first-order valence-corrected chi connectivity index (χ1v) is 15.1. The third-order valence-electron chi connectivity index (χ3n) is 8.55. The lowest BCUT2D eigenvalue weighted by atomic mass is 9.68. The zero-order valence-electron chi connectivity index (χ0n) is 24.9. The number of hydrogen-bond acceptors (Lipinski definition) is 3. The molecule has 0 aliphatic heterocycles. The summed E-state index contributed by atoms with van der Waals surface area (Å²) >= 11 is 0. The Morgan fingerprint density at radius 2 is 0.739 bits per heavy atom. The van der Waals surface area contributed by atoms with Gasteiger partial charge in [0.25, 0.3) is 0 Å². The summed E-state index contributed by atoms with van der Waals surface area (Å²) < 4.78 is 0. The zero-order chi connectivity index (χ0) is 31.3. The lowest BCUT2D eigenvalue weighted by Gasteiger charge is -2.34. The van der Waals surface area contributed by atoms with Crippen molar-refractivity contribution in [2.24, 2.45) is 0 Å². The van der Waals surface area contributed by atoms with Crippen LogP contribution in [-0.2, 0) is 5.41 Å². The quantitative estimate of drug-likeness (QED) is 0.188. The van der Waals surface area contributed by atoms with Crippen molar-refractivity contribution in [1.29, 1.82) is 10.5 Å². The van der Waals surface area contributed by atoms with Crippen molar-refractivity contribution >= 4 is 0 Å². The molecule has 0 aliphatic carbocycles. The molecule has 0 bridgehead atoms. The Bertz CT molecular complexity index is 1940. The molecule has 0 atom stereocenters. The van der Waals surface area contributed by atoms with Gasteiger partial charge in [0.1, 0.15) is 23.4 Å². The molecule has 7 rings (SSSR count). The fourth-order valence-electron chi connectivity index (χ4n) is 6.25. The van der Waals surface area contributed by atoms with Gasteiger partial charge in [-0.05, 0) is 50.1 Å². The van der Waals surface area contributed by atoms with Crippen LogP contribution in [0, 0.1) is 22.7 Å². The summed E-state index contributed by atoms with van der Waals surface area (Å²) in [6.45, 7) is 0. The van der Waals surface area contributed by atoms with Gasteiger partial charge in [0.15, 0.2) is 11.4 Å². The maximum atomic E-state index is 9.96. The molecule has 4 heteroatoms. The number of rotatable bonds is 7. The molecule has 1 N–H and O–H groups in total. The Morgan fingerprint density at radius 1 is 0.413 bits per heavy atom. The van der Waals surface area contributed by atoms with Crippen molar-refractivity contribution in [3.8, 4) is 45.5 Å². The molecular formula is C42H28N4. The van der Waals surface area contributed by atoms with Crippen LogP contribution in [0.25, 0.3) is 33.4 Å². The predicted octanol–water partition coefficient (Wildman–Crippen LogP) is 9.54. The third kappa shape index (κ3) is 5.05. The highest BCUT2D eigenvalue weighted by Crippen LogP contribution is 2.45. The lowest BCUT2D eigenvalue weighted by molar-refractivity contribution is 0.691. The Hall–Kier alpha value is -6.49. The van der Waals surface area contributed by atoms with Crippen molar-refractivity contribution in [2.45, 2.75) is 5.41 Å². The van der Waals surface area contributed by atoms with Crippen LogP contribution in [0.2, 0.25) is 0 Å². The summed E-state index contributed by atoms with van der Waals surface area (Å²) in [5.74, 6) is 0.507. The van der Waals surface area contributed by atoms with Crippen molar-refractivity contribution < 1.29 is 0 Å². The first-order valence-electron chi connectivity index (χ1n) is 15.1. The first-order chi connectivity index (χ1) is 22.7. The molecule has 46 heavy (non-hydrogen) atoms. The van der Waals surface area contributed by atoms with E-state index in [0.717, 1.165) is 50.1 Å². The number of imidazole rings is 1. The van der Waals surface area contributed by atoms with E-state index in [1.165, 1.54) is 0 Å². The predicted molar refractivity (Wildman–Crippen MR) is 183 cm³/mol. The van der Waals surface area contributed by atoms with E-state index in [0.29, 0.717) is 5.82 Å². The second kappa shape index (κ2) is 12.2. The Morgan fingerprint density at radius 3 is 1.02 bits per heavy atom. The van der Waals surface area contributed by atoms with E-state index in [4.69, 9.17) is 4.98 Å². The molecule has 0 radical (unpaired) electrons. The van der Waals surface area contributed by atoms with Crippen LogP contribution in [0.3, 0.4) is 0 Å². The van der Waals surface area contributed by atoms with E-state index in [1.807, 2.05) is 54.6 Å². The minimum absolute atomic E-state index is 0.0737. The zero-order valence-corrected chi connectivity index (χ0v) is 24.9. The molecule has 0 saturated carbocycles. The maximum absolute atomic E-state index is 9.96. The molecule has 6 aromatic carbocycles. The number of benzene rings is 6. The van der Waals surface area contributed by atoms with Crippen LogP contribution in [0.15, 0.2) is 164 Å². The van der Waals surface area contributed by atoms with E-state index in [9.17, 15) is 10.5 Å². The van der Waals surface area contributed by atoms with Crippen molar-refractivity contribution in [3.63, 3.8) is 0 Å². The van der Waals surface area contributed by atoms with Crippen LogP contribution in [-0.4, -0.2) is 9.97 Å². The van der Waals surface area contributed by atoms with E-state index in [-0.39, 0.29) is 11.4 Å². The molecule has 1 heterocycles. The van der Waals surface area contributed by atoms with E-state index in [2.05, 4.69) is 126 Å². The standard InChI is InChI=1S/C42H28N4/c43-28-39-40(29-44)46-41(45-39)42(36-22-16-33(17-23-36)30-10-4-1-5-11-30,37-24-18-34(19-25-37)31-12-6-2-7-13-31)38-26-20-35(21-27-38)32-14-8-3-9-15-32/h1-27H,(H,45,46).